The molecule has 0 bridgehead atoms. The normalized spacial score (nSPS) is 14.6. The first-order valence-electron chi connectivity index (χ1n) is 11.0. The number of likely N-dealkylation sites (tertiary alicyclic amines) is 1. The number of carbonyl (C=O) groups is 1. The van der Waals surface area contributed by atoms with Crippen molar-refractivity contribution in [1.29, 1.82) is 0 Å². The van der Waals surface area contributed by atoms with Crippen LogP contribution in [-0.4, -0.2) is 47.0 Å². The van der Waals surface area contributed by atoms with E-state index in [1.807, 2.05) is 60.7 Å². The lowest BCUT2D eigenvalue weighted by Crippen LogP contribution is -2.35. The molecule has 0 radical (unpaired) electrons. The molecule has 1 saturated heterocycles. The van der Waals surface area contributed by atoms with Crippen LogP contribution in [0.15, 0.2) is 67.0 Å². The number of aromatic nitrogens is 2. The topological polar surface area (TPSA) is 70.2 Å². The summed E-state index contributed by atoms with van der Waals surface area (Å²) >= 11 is 0. The third kappa shape index (κ3) is 6.12. The molecule has 31 heavy (non-hydrogen) atoms. The Labute approximate surface area is 183 Å². The van der Waals surface area contributed by atoms with Gasteiger partial charge in [-0.05, 0) is 44.1 Å². The summed E-state index contributed by atoms with van der Waals surface area (Å²) in [6, 6.07) is 19.4. The number of nitrogens with one attached hydrogen (secondary N) is 2. The molecule has 2 heterocycles. The molecule has 1 amide bonds. The van der Waals surface area contributed by atoms with Crippen LogP contribution < -0.4 is 10.6 Å². The van der Waals surface area contributed by atoms with Gasteiger partial charge in [0.05, 0.1) is 5.69 Å². The molecule has 1 aliphatic rings. The summed E-state index contributed by atoms with van der Waals surface area (Å²) in [6.07, 6.45) is 6.71. The van der Waals surface area contributed by atoms with Gasteiger partial charge < -0.3 is 15.5 Å². The zero-order chi connectivity index (χ0) is 21.3. The van der Waals surface area contributed by atoms with E-state index in [1.165, 1.54) is 25.7 Å². The number of carbonyl (C=O) groups excluding carboxylic acids is 1. The average molecular weight is 416 g/mol. The molecule has 6 heteroatoms. The smallest absolute Gasteiger partial charge is 0.251 e. The minimum Gasteiger partial charge on any atom is -0.351 e. The third-order valence-corrected chi connectivity index (χ3v) is 5.55. The standard InChI is InChI=1S/C25H29N5O/c31-25(26-13-16-30-14-6-1-2-7-15-30)21-11-8-12-22(17-21)29-24-18-23(27-19-28-24)20-9-4-3-5-10-20/h3-5,8-12,17-19H,1-2,6-7,13-16H2,(H,26,31)(H,27,28,29). The van der Waals surface area contributed by atoms with Gasteiger partial charge in [0.25, 0.3) is 5.91 Å². The molecule has 2 N–H and O–H groups in total. The van der Waals surface area contributed by atoms with Crippen LogP contribution in [0.25, 0.3) is 11.3 Å². The molecule has 0 spiro atoms. The van der Waals surface area contributed by atoms with Gasteiger partial charge in [0.2, 0.25) is 0 Å². The lowest BCUT2D eigenvalue weighted by molar-refractivity contribution is 0.0948. The van der Waals surface area contributed by atoms with E-state index < -0.39 is 0 Å². The molecule has 0 aliphatic carbocycles. The largest absolute Gasteiger partial charge is 0.351 e. The summed E-state index contributed by atoms with van der Waals surface area (Å²) in [5, 5.41) is 6.34. The monoisotopic (exact) mass is 415 g/mol. The molecule has 1 fully saturated rings. The average Bonchev–Trinajstić information content (AvgIpc) is 3.09. The second-order valence-electron chi connectivity index (χ2n) is 7.87. The summed E-state index contributed by atoms with van der Waals surface area (Å²) in [4.78, 5) is 23.7. The molecule has 2 aromatic carbocycles. The van der Waals surface area contributed by atoms with Crippen molar-refractivity contribution in [1.82, 2.24) is 20.2 Å². The van der Waals surface area contributed by atoms with Gasteiger partial charge in [0, 0.05) is 36.0 Å². The van der Waals surface area contributed by atoms with E-state index in [1.54, 1.807) is 6.33 Å². The number of nitrogens with zero attached hydrogens (tertiary/aromatic N) is 3. The highest BCUT2D eigenvalue weighted by atomic mass is 16.1. The third-order valence-electron chi connectivity index (χ3n) is 5.55. The number of amides is 1. The van der Waals surface area contributed by atoms with Gasteiger partial charge >= 0.3 is 0 Å². The van der Waals surface area contributed by atoms with Gasteiger partial charge in [-0.2, -0.15) is 0 Å². The zero-order valence-electron chi connectivity index (χ0n) is 17.8. The predicted octanol–water partition coefficient (Wildman–Crippen LogP) is 4.49. The maximum absolute atomic E-state index is 12.6. The quantitative estimate of drug-likeness (QED) is 0.595. The van der Waals surface area contributed by atoms with E-state index in [0.717, 1.165) is 36.6 Å². The van der Waals surface area contributed by atoms with E-state index in [0.29, 0.717) is 17.9 Å². The number of rotatable bonds is 7. The minimum atomic E-state index is -0.0499. The molecule has 1 aromatic heterocycles. The van der Waals surface area contributed by atoms with Gasteiger partial charge in [-0.3, -0.25) is 4.79 Å². The van der Waals surface area contributed by atoms with E-state index in [9.17, 15) is 4.79 Å². The van der Waals surface area contributed by atoms with Gasteiger partial charge in [0.15, 0.2) is 0 Å². The fourth-order valence-corrected chi connectivity index (χ4v) is 3.87. The van der Waals surface area contributed by atoms with Gasteiger partial charge in [-0.15, -0.1) is 0 Å². The zero-order valence-corrected chi connectivity index (χ0v) is 17.8. The van der Waals surface area contributed by atoms with Crippen molar-refractivity contribution in [2.45, 2.75) is 25.7 Å². The Bertz CT molecular complexity index is 984. The maximum atomic E-state index is 12.6. The van der Waals surface area contributed by atoms with Crippen molar-refractivity contribution >= 4 is 17.4 Å². The summed E-state index contributed by atoms with van der Waals surface area (Å²) in [5.41, 5.74) is 3.34. The van der Waals surface area contributed by atoms with Crippen LogP contribution in [-0.2, 0) is 0 Å². The number of anilines is 2. The first-order chi connectivity index (χ1) is 15.3. The van der Waals surface area contributed by atoms with Crippen molar-refractivity contribution in [2.75, 3.05) is 31.5 Å². The number of benzene rings is 2. The fraction of sp³-hybridized carbons (Fsp3) is 0.320. The highest BCUT2D eigenvalue weighted by Gasteiger charge is 2.11. The molecule has 0 atom stereocenters. The molecule has 6 nitrogen and oxygen atoms in total. The molecule has 4 rings (SSSR count). The minimum absolute atomic E-state index is 0.0499. The Morgan fingerprint density at radius 3 is 2.52 bits per heavy atom. The van der Waals surface area contributed by atoms with E-state index in [4.69, 9.17) is 0 Å². The Morgan fingerprint density at radius 1 is 0.903 bits per heavy atom. The highest BCUT2D eigenvalue weighted by Crippen LogP contribution is 2.21. The lowest BCUT2D eigenvalue weighted by atomic mass is 10.1. The van der Waals surface area contributed by atoms with Gasteiger partial charge in [-0.1, -0.05) is 49.2 Å². The molecule has 1 aliphatic heterocycles. The summed E-state index contributed by atoms with van der Waals surface area (Å²) in [7, 11) is 0. The van der Waals surface area contributed by atoms with E-state index in [-0.39, 0.29) is 5.91 Å². The summed E-state index contributed by atoms with van der Waals surface area (Å²) in [5.74, 6) is 0.638. The van der Waals surface area contributed by atoms with Crippen molar-refractivity contribution in [3.63, 3.8) is 0 Å². The molecular weight excluding hydrogens is 386 g/mol. The predicted molar refractivity (Wildman–Crippen MR) is 124 cm³/mol. The Balaban J connectivity index is 1.35. The van der Waals surface area contributed by atoms with Crippen LogP contribution in [0.2, 0.25) is 0 Å². The summed E-state index contributed by atoms with van der Waals surface area (Å²) in [6.45, 7) is 3.86. The molecule has 0 unspecified atom stereocenters. The molecular formula is C25H29N5O. The van der Waals surface area contributed by atoms with Crippen LogP contribution in [0.4, 0.5) is 11.5 Å². The summed E-state index contributed by atoms with van der Waals surface area (Å²) < 4.78 is 0. The second kappa shape index (κ2) is 10.7. The van der Waals surface area contributed by atoms with Crippen molar-refractivity contribution in [2.24, 2.45) is 0 Å². The first kappa shape index (κ1) is 21.0. The Kier molecular flexibility index (Phi) is 7.24. The van der Waals surface area contributed by atoms with Crippen LogP contribution in [0.5, 0.6) is 0 Å². The van der Waals surface area contributed by atoms with Crippen LogP contribution >= 0.6 is 0 Å². The van der Waals surface area contributed by atoms with Crippen LogP contribution in [0.3, 0.4) is 0 Å². The van der Waals surface area contributed by atoms with Crippen molar-refractivity contribution in [3.05, 3.63) is 72.6 Å². The van der Waals surface area contributed by atoms with Crippen molar-refractivity contribution < 1.29 is 4.79 Å². The maximum Gasteiger partial charge on any atom is 0.251 e. The van der Waals surface area contributed by atoms with Crippen LogP contribution in [0.1, 0.15) is 36.0 Å². The van der Waals surface area contributed by atoms with E-state index >= 15 is 0 Å². The van der Waals surface area contributed by atoms with Crippen molar-refractivity contribution in [3.8, 4) is 11.3 Å². The first-order valence-corrected chi connectivity index (χ1v) is 11.0. The molecule has 0 saturated carbocycles. The Hall–Kier alpha value is -3.25. The second-order valence-corrected chi connectivity index (χ2v) is 7.87. The molecule has 160 valence electrons. The van der Waals surface area contributed by atoms with Gasteiger partial charge in [-0.25, -0.2) is 9.97 Å². The lowest BCUT2D eigenvalue weighted by Gasteiger charge is -2.19. The van der Waals surface area contributed by atoms with Crippen LogP contribution in [0, 0.1) is 0 Å². The molecule has 3 aromatic rings. The number of hydrogen-bond acceptors (Lipinski definition) is 5. The van der Waals surface area contributed by atoms with Gasteiger partial charge in [0.1, 0.15) is 12.1 Å². The highest BCUT2D eigenvalue weighted by molar-refractivity contribution is 5.95. The number of hydrogen-bond donors (Lipinski definition) is 2. The fourth-order valence-electron chi connectivity index (χ4n) is 3.87. The van der Waals surface area contributed by atoms with E-state index in [2.05, 4.69) is 25.5 Å². The Morgan fingerprint density at radius 2 is 1.71 bits per heavy atom. The SMILES string of the molecule is O=C(NCCN1CCCCCC1)c1cccc(Nc2cc(-c3ccccc3)ncn2)c1.